The van der Waals surface area contributed by atoms with Gasteiger partial charge >= 0.3 is 0 Å². The largest absolute Gasteiger partial charge is 0.488 e. The van der Waals surface area contributed by atoms with Crippen molar-refractivity contribution >= 4 is 11.6 Å². The molecule has 2 saturated heterocycles. The third kappa shape index (κ3) is 5.04. The second-order valence-corrected chi connectivity index (χ2v) is 8.10. The van der Waals surface area contributed by atoms with Crippen molar-refractivity contribution in [3.05, 3.63) is 64.1 Å². The molecule has 7 nitrogen and oxygen atoms in total. The molecule has 2 fully saturated rings. The molecular formula is C23H27ClO7. The van der Waals surface area contributed by atoms with Gasteiger partial charge in [-0.05, 0) is 41.3 Å². The molecule has 0 aromatic heterocycles. The van der Waals surface area contributed by atoms with Gasteiger partial charge in [0.2, 0.25) is 0 Å². The smallest absolute Gasteiger partial charge is 0.124 e. The lowest BCUT2D eigenvalue weighted by Gasteiger charge is -2.19. The first-order valence-electron chi connectivity index (χ1n) is 12.1. The van der Waals surface area contributed by atoms with E-state index in [-0.39, 0.29) is 48.0 Å². The van der Waals surface area contributed by atoms with Crippen LogP contribution in [0.3, 0.4) is 0 Å². The minimum absolute atomic E-state index is 0.0387. The van der Waals surface area contributed by atoms with Gasteiger partial charge in [-0.1, -0.05) is 35.8 Å². The monoisotopic (exact) mass is 454 g/mol. The Kier molecular flexibility index (Phi) is 5.65. The summed E-state index contributed by atoms with van der Waals surface area (Å²) < 4.78 is 50.2. The summed E-state index contributed by atoms with van der Waals surface area (Å²) in [7, 11) is 0. The van der Waals surface area contributed by atoms with Gasteiger partial charge in [0.05, 0.1) is 25.3 Å². The highest BCUT2D eigenvalue weighted by molar-refractivity contribution is 6.31. The zero-order valence-electron chi connectivity index (χ0n) is 20.6. The fourth-order valence-electron chi connectivity index (χ4n) is 3.75. The van der Waals surface area contributed by atoms with Crippen molar-refractivity contribution in [2.75, 3.05) is 19.8 Å². The van der Waals surface area contributed by atoms with E-state index in [2.05, 4.69) is 0 Å². The third-order valence-corrected chi connectivity index (χ3v) is 5.83. The first-order chi connectivity index (χ1) is 16.6. The van der Waals surface area contributed by atoms with Crippen LogP contribution in [0.25, 0.3) is 0 Å². The summed E-state index contributed by atoms with van der Waals surface area (Å²) in [5.41, 5.74) is 1.01. The van der Waals surface area contributed by atoms with E-state index >= 15 is 0 Å². The molecule has 4 N–H and O–H groups in total. The molecule has 0 aliphatic carbocycles. The molecule has 0 radical (unpaired) electrons. The molecule has 8 heteroatoms. The molecule has 0 bridgehead atoms. The number of ether oxygens (including phenoxy) is 3. The van der Waals surface area contributed by atoms with Crippen molar-refractivity contribution in [1.29, 1.82) is 0 Å². The van der Waals surface area contributed by atoms with Gasteiger partial charge in [-0.2, -0.15) is 0 Å². The molecule has 4 rings (SSSR count). The minimum Gasteiger partial charge on any atom is -0.488 e. The zero-order chi connectivity index (χ0) is 25.4. The summed E-state index contributed by atoms with van der Waals surface area (Å²) in [6.45, 7) is 0.184. The highest BCUT2D eigenvalue weighted by Crippen LogP contribution is 2.36. The van der Waals surface area contributed by atoms with E-state index in [0.29, 0.717) is 35.8 Å². The first-order valence-corrected chi connectivity index (χ1v) is 10.4. The van der Waals surface area contributed by atoms with Crippen LogP contribution in [0.2, 0.25) is 5.02 Å². The molecule has 2 aromatic carbocycles. The summed E-state index contributed by atoms with van der Waals surface area (Å²) in [6, 6.07) is 3.62. The zero-order valence-corrected chi connectivity index (χ0v) is 17.4. The summed E-state index contributed by atoms with van der Waals surface area (Å²) in [6.07, 6.45) is -6.14. The standard InChI is InChI=1S/C23H27ClO7/c24-18-6-3-14(22-20(27)21(28)23(31-22)19(26)11-25)10-15(18)9-13-1-4-16(5-2-13)30-17-7-8-29-12-17/h1-6,10,17,19-23,25-28H,7-9,11-12H2/t17-,19+,20+,21+,22?,23-/m0/s1/i1D,2D,4D,5D. The molecule has 2 heterocycles. The van der Waals surface area contributed by atoms with E-state index in [1.165, 1.54) is 0 Å². The molecule has 0 spiro atoms. The van der Waals surface area contributed by atoms with Gasteiger partial charge in [-0.3, -0.25) is 0 Å². The Balaban J connectivity index is 1.63. The van der Waals surface area contributed by atoms with Gasteiger partial charge in [-0.25, -0.2) is 0 Å². The number of aliphatic hydroxyl groups is 4. The number of hydrogen-bond donors (Lipinski definition) is 4. The normalized spacial score (nSPS) is 31.1. The van der Waals surface area contributed by atoms with Gasteiger partial charge < -0.3 is 34.6 Å². The minimum atomic E-state index is -1.42. The average Bonchev–Trinajstić information content (AvgIpc) is 3.47. The van der Waals surface area contributed by atoms with Gasteiger partial charge in [0.25, 0.3) is 0 Å². The lowest BCUT2D eigenvalue weighted by atomic mass is 9.96. The SMILES string of the molecule is [2H]c1c([2H])c(O[C@H]2CCOC2)c([2H])c([2H])c1Cc1cc(C2O[C@@H]([C@H](O)CO)[C@H](O)[C@H]2O)ccc1Cl. The lowest BCUT2D eigenvalue weighted by molar-refractivity contribution is -0.0820. The third-order valence-electron chi connectivity index (χ3n) is 5.46. The molecule has 1 unspecified atom stereocenters. The van der Waals surface area contributed by atoms with Crippen molar-refractivity contribution in [3.63, 3.8) is 0 Å². The lowest BCUT2D eigenvalue weighted by Crippen LogP contribution is -2.40. The number of benzene rings is 2. The van der Waals surface area contributed by atoms with Crippen LogP contribution in [0, 0.1) is 0 Å². The Morgan fingerprint density at radius 2 is 1.97 bits per heavy atom. The van der Waals surface area contributed by atoms with Crippen LogP contribution in [0.1, 0.15) is 34.7 Å². The molecule has 0 amide bonds. The number of rotatable bonds is 7. The van der Waals surface area contributed by atoms with Crippen molar-refractivity contribution in [3.8, 4) is 5.75 Å². The predicted octanol–water partition coefficient (Wildman–Crippen LogP) is 1.61. The van der Waals surface area contributed by atoms with Crippen LogP contribution >= 0.6 is 11.6 Å². The second kappa shape index (κ2) is 9.83. The Morgan fingerprint density at radius 3 is 2.65 bits per heavy atom. The van der Waals surface area contributed by atoms with E-state index in [4.69, 9.17) is 31.3 Å². The van der Waals surface area contributed by atoms with Gasteiger partial charge in [-0.15, -0.1) is 0 Å². The van der Waals surface area contributed by atoms with Gasteiger partial charge in [0.15, 0.2) is 0 Å². The Morgan fingerprint density at radius 1 is 1.19 bits per heavy atom. The van der Waals surface area contributed by atoms with Crippen LogP contribution < -0.4 is 4.74 Å². The van der Waals surface area contributed by atoms with Crippen LogP contribution in [-0.4, -0.2) is 70.8 Å². The molecule has 31 heavy (non-hydrogen) atoms. The maximum absolute atomic E-state index is 10.5. The molecule has 168 valence electrons. The number of hydrogen-bond acceptors (Lipinski definition) is 7. The van der Waals surface area contributed by atoms with Crippen LogP contribution in [-0.2, 0) is 15.9 Å². The molecular weight excluding hydrogens is 424 g/mol. The van der Waals surface area contributed by atoms with E-state index < -0.39 is 37.1 Å². The quantitative estimate of drug-likeness (QED) is 0.503. The van der Waals surface area contributed by atoms with E-state index in [1.54, 1.807) is 18.2 Å². The van der Waals surface area contributed by atoms with E-state index in [0.717, 1.165) is 0 Å². The summed E-state index contributed by atoms with van der Waals surface area (Å²) in [5.74, 6) is -0.121. The molecule has 2 aliphatic rings. The Labute approximate surface area is 191 Å². The molecule has 0 saturated carbocycles. The van der Waals surface area contributed by atoms with Crippen LogP contribution in [0.5, 0.6) is 5.75 Å². The number of halogens is 1. The van der Waals surface area contributed by atoms with Gasteiger partial charge in [0.1, 0.15) is 42.4 Å². The Bertz CT molecular complexity index is 1050. The highest BCUT2D eigenvalue weighted by Gasteiger charge is 2.46. The van der Waals surface area contributed by atoms with E-state index in [9.17, 15) is 20.4 Å². The van der Waals surface area contributed by atoms with Gasteiger partial charge in [0, 0.05) is 11.4 Å². The summed E-state index contributed by atoms with van der Waals surface area (Å²) >= 11 is 6.37. The van der Waals surface area contributed by atoms with Crippen LogP contribution in [0.4, 0.5) is 0 Å². The number of aliphatic hydroxyl groups excluding tert-OH is 4. The molecule has 6 atom stereocenters. The topological polar surface area (TPSA) is 109 Å². The van der Waals surface area contributed by atoms with Crippen molar-refractivity contribution < 1.29 is 40.1 Å². The second-order valence-electron chi connectivity index (χ2n) is 7.69. The summed E-state index contributed by atoms with van der Waals surface area (Å²) in [4.78, 5) is 0. The predicted molar refractivity (Wildman–Crippen MR) is 113 cm³/mol. The van der Waals surface area contributed by atoms with E-state index in [1.807, 2.05) is 0 Å². The van der Waals surface area contributed by atoms with Crippen molar-refractivity contribution in [2.45, 2.75) is 49.5 Å². The van der Waals surface area contributed by atoms with Crippen molar-refractivity contribution in [1.82, 2.24) is 0 Å². The Hall–Kier alpha value is -1.71. The summed E-state index contributed by atoms with van der Waals surface area (Å²) in [5, 5.41) is 40.0. The molecule has 2 aliphatic heterocycles. The maximum atomic E-state index is 10.5. The average molecular weight is 455 g/mol. The van der Waals surface area contributed by atoms with Crippen LogP contribution in [0.15, 0.2) is 42.4 Å². The van der Waals surface area contributed by atoms with Crippen molar-refractivity contribution in [2.24, 2.45) is 0 Å². The maximum Gasteiger partial charge on any atom is 0.124 e. The fraction of sp³-hybridized carbons (Fsp3) is 0.478. The highest BCUT2D eigenvalue weighted by atomic mass is 35.5. The fourth-order valence-corrected chi connectivity index (χ4v) is 3.93. The molecule has 2 aromatic rings. The first kappa shape index (κ1) is 17.8.